The van der Waals surface area contributed by atoms with Gasteiger partial charge in [-0.25, -0.2) is 0 Å². The zero-order chi connectivity index (χ0) is 18.6. The Morgan fingerprint density at radius 1 is 1.04 bits per heavy atom. The Bertz CT molecular complexity index is 923. The molecule has 3 heterocycles. The van der Waals surface area contributed by atoms with Crippen LogP contribution >= 0.6 is 0 Å². The molecule has 1 aliphatic rings. The van der Waals surface area contributed by atoms with E-state index < -0.39 is 0 Å². The summed E-state index contributed by atoms with van der Waals surface area (Å²) in [5.41, 5.74) is 5.46. The van der Waals surface area contributed by atoms with Gasteiger partial charge in [0.1, 0.15) is 0 Å². The molecule has 6 heteroatoms. The minimum absolute atomic E-state index is 0.974. The summed E-state index contributed by atoms with van der Waals surface area (Å²) in [6, 6.07) is 12.5. The van der Waals surface area contributed by atoms with Gasteiger partial charge in [0.25, 0.3) is 0 Å². The molecule has 0 unspecified atom stereocenters. The smallest absolute Gasteiger partial charge is 0.159 e. The Morgan fingerprint density at radius 3 is 2.56 bits per heavy atom. The third-order valence-electron chi connectivity index (χ3n) is 4.97. The SMILES string of the molecule is CN=Cc1cccc(-c2[nH]nc(N3CCN(C)CC3)c2-c2ccncc2)c1. The predicted molar refractivity (Wildman–Crippen MR) is 110 cm³/mol. The first-order valence-electron chi connectivity index (χ1n) is 9.21. The van der Waals surface area contributed by atoms with Crippen LogP contribution in [0, 0.1) is 0 Å². The summed E-state index contributed by atoms with van der Waals surface area (Å²) in [4.78, 5) is 13.0. The number of rotatable bonds is 4. The number of hydrogen-bond acceptors (Lipinski definition) is 5. The Kier molecular flexibility index (Phi) is 4.98. The van der Waals surface area contributed by atoms with Crippen LogP contribution < -0.4 is 4.90 Å². The van der Waals surface area contributed by atoms with E-state index in [1.807, 2.05) is 30.7 Å². The van der Waals surface area contributed by atoms with E-state index in [1.54, 1.807) is 7.05 Å². The summed E-state index contributed by atoms with van der Waals surface area (Å²) in [5, 5.41) is 8.02. The van der Waals surface area contributed by atoms with E-state index in [0.29, 0.717) is 0 Å². The number of anilines is 1. The Balaban J connectivity index is 1.82. The number of likely N-dealkylation sites (N-methyl/N-ethyl adjacent to an activating group) is 1. The van der Waals surface area contributed by atoms with Crippen LogP contribution in [0.4, 0.5) is 5.82 Å². The highest BCUT2D eigenvalue weighted by Gasteiger charge is 2.23. The Hall–Kier alpha value is -2.99. The minimum atomic E-state index is 0.974. The van der Waals surface area contributed by atoms with Gasteiger partial charge >= 0.3 is 0 Å². The van der Waals surface area contributed by atoms with Crippen molar-refractivity contribution in [1.29, 1.82) is 0 Å². The van der Waals surface area contributed by atoms with E-state index in [-0.39, 0.29) is 0 Å². The van der Waals surface area contributed by atoms with E-state index in [9.17, 15) is 0 Å². The second-order valence-corrected chi connectivity index (χ2v) is 6.84. The van der Waals surface area contributed by atoms with Gasteiger partial charge < -0.3 is 9.80 Å². The molecule has 6 nitrogen and oxygen atoms in total. The number of nitrogens with one attached hydrogen (secondary N) is 1. The highest BCUT2D eigenvalue weighted by atomic mass is 15.3. The molecule has 2 aromatic heterocycles. The molecule has 0 atom stereocenters. The van der Waals surface area contributed by atoms with Crippen molar-refractivity contribution >= 4 is 12.0 Å². The molecule has 0 bridgehead atoms. The van der Waals surface area contributed by atoms with Crippen molar-refractivity contribution < 1.29 is 0 Å². The number of aromatic amines is 1. The molecule has 27 heavy (non-hydrogen) atoms. The topological polar surface area (TPSA) is 60.4 Å². The third-order valence-corrected chi connectivity index (χ3v) is 4.97. The summed E-state index contributed by atoms with van der Waals surface area (Å²) in [6.45, 7) is 4.03. The van der Waals surface area contributed by atoms with Crippen molar-refractivity contribution in [3.05, 3.63) is 54.4 Å². The van der Waals surface area contributed by atoms with Crippen LogP contribution in [0.2, 0.25) is 0 Å². The van der Waals surface area contributed by atoms with Crippen LogP contribution in [0.15, 0.2) is 53.8 Å². The summed E-state index contributed by atoms with van der Waals surface area (Å²) in [6.07, 6.45) is 5.54. The quantitative estimate of drug-likeness (QED) is 0.727. The van der Waals surface area contributed by atoms with Crippen molar-refractivity contribution in [1.82, 2.24) is 20.1 Å². The Labute approximate surface area is 159 Å². The fourth-order valence-corrected chi connectivity index (χ4v) is 3.50. The van der Waals surface area contributed by atoms with Crippen LogP contribution in [-0.2, 0) is 0 Å². The van der Waals surface area contributed by atoms with E-state index in [1.165, 1.54) is 0 Å². The van der Waals surface area contributed by atoms with Crippen LogP contribution in [0.1, 0.15) is 5.56 Å². The van der Waals surface area contributed by atoms with E-state index in [4.69, 9.17) is 5.10 Å². The maximum Gasteiger partial charge on any atom is 0.159 e. The average molecular weight is 360 g/mol. The maximum atomic E-state index is 4.72. The van der Waals surface area contributed by atoms with Crippen molar-refractivity contribution in [3.63, 3.8) is 0 Å². The van der Waals surface area contributed by atoms with E-state index in [0.717, 1.165) is 59.9 Å². The van der Waals surface area contributed by atoms with Crippen LogP contribution in [0.5, 0.6) is 0 Å². The lowest BCUT2D eigenvalue weighted by molar-refractivity contribution is 0.312. The molecule has 0 aliphatic carbocycles. The number of H-pyrrole nitrogens is 1. The molecule has 1 saturated heterocycles. The average Bonchev–Trinajstić information content (AvgIpc) is 3.15. The molecule has 1 aromatic carbocycles. The summed E-state index contributed by atoms with van der Waals surface area (Å²) in [7, 11) is 3.95. The lowest BCUT2D eigenvalue weighted by atomic mass is 10.00. The monoisotopic (exact) mass is 360 g/mol. The minimum Gasteiger partial charge on any atom is -0.352 e. The maximum absolute atomic E-state index is 4.72. The zero-order valence-electron chi connectivity index (χ0n) is 15.8. The molecule has 0 amide bonds. The number of piperazine rings is 1. The predicted octanol–water partition coefficient (Wildman–Crippen LogP) is 2.94. The third kappa shape index (κ3) is 3.61. The molecular formula is C21H24N6. The summed E-state index contributed by atoms with van der Waals surface area (Å²) >= 11 is 0. The molecule has 1 fully saturated rings. The van der Waals surface area contributed by atoms with Gasteiger partial charge in [-0.2, -0.15) is 5.10 Å². The van der Waals surface area contributed by atoms with Gasteiger partial charge in [0.2, 0.25) is 0 Å². The molecule has 138 valence electrons. The molecule has 1 N–H and O–H groups in total. The standard InChI is InChI=1S/C21H24N6/c1-22-15-16-4-3-5-18(14-16)20-19(17-6-8-23-9-7-17)21(25-24-20)27-12-10-26(2)11-13-27/h3-9,14-15H,10-13H2,1-2H3,(H,24,25). The highest BCUT2D eigenvalue weighted by molar-refractivity contribution is 5.90. The van der Waals surface area contributed by atoms with Crippen LogP contribution in [0.25, 0.3) is 22.4 Å². The fraction of sp³-hybridized carbons (Fsp3) is 0.286. The molecule has 1 aliphatic heterocycles. The molecule has 0 spiro atoms. The van der Waals surface area contributed by atoms with Gasteiger partial charge in [-0.3, -0.25) is 15.1 Å². The molecular weight excluding hydrogens is 336 g/mol. The van der Waals surface area contributed by atoms with Gasteiger partial charge in [-0.1, -0.05) is 18.2 Å². The molecule has 3 aromatic rings. The number of nitrogens with zero attached hydrogens (tertiary/aromatic N) is 5. The van der Waals surface area contributed by atoms with Crippen molar-refractivity contribution in [2.24, 2.45) is 4.99 Å². The summed E-state index contributed by atoms with van der Waals surface area (Å²) < 4.78 is 0. The van der Waals surface area contributed by atoms with E-state index >= 15 is 0 Å². The van der Waals surface area contributed by atoms with Gasteiger partial charge in [-0.15, -0.1) is 0 Å². The van der Waals surface area contributed by atoms with Gasteiger partial charge in [0.05, 0.1) is 11.3 Å². The first-order chi connectivity index (χ1) is 13.3. The van der Waals surface area contributed by atoms with Crippen molar-refractivity contribution in [2.45, 2.75) is 0 Å². The highest BCUT2D eigenvalue weighted by Crippen LogP contribution is 2.38. The summed E-state index contributed by atoms with van der Waals surface area (Å²) in [5.74, 6) is 1.01. The van der Waals surface area contributed by atoms with Gasteiger partial charge in [-0.05, 0) is 36.4 Å². The lowest BCUT2D eigenvalue weighted by Gasteiger charge is -2.33. The zero-order valence-corrected chi connectivity index (χ0v) is 15.8. The molecule has 4 rings (SSSR count). The molecule has 0 radical (unpaired) electrons. The van der Waals surface area contributed by atoms with Crippen LogP contribution in [0.3, 0.4) is 0 Å². The largest absolute Gasteiger partial charge is 0.352 e. The second kappa shape index (κ2) is 7.72. The number of pyridine rings is 1. The van der Waals surface area contributed by atoms with Gasteiger partial charge in [0, 0.05) is 57.4 Å². The van der Waals surface area contributed by atoms with Crippen molar-refractivity contribution in [3.8, 4) is 22.4 Å². The second-order valence-electron chi connectivity index (χ2n) is 6.84. The lowest BCUT2D eigenvalue weighted by Crippen LogP contribution is -2.44. The first kappa shape index (κ1) is 17.4. The normalized spacial score (nSPS) is 15.6. The number of aliphatic imine (C=N–C) groups is 1. The number of aromatic nitrogens is 3. The van der Waals surface area contributed by atoms with Crippen LogP contribution in [-0.4, -0.2) is 66.6 Å². The number of benzene rings is 1. The molecule has 0 saturated carbocycles. The van der Waals surface area contributed by atoms with E-state index in [2.05, 4.69) is 56.2 Å². The fourth-order valence-electron chi connectivity index (χ4n) is 3.50. The van der Waals surface area contributed by atoms with Gasteiger partial charge in [0.15, 0.2) is 5.82 Å². The first-order valence-corrected chi connectivity index (χ1v) is 9.21. The number of hydrogen-bond donors (Lipinski definition) is 1. The Morgan fingerprint density at radius 2 is 1.81 bits per heavy atom. The van der Waals surface area contributed by atoms with Crippen molar-refractivity contribution in [2.75, 3.05) is 45.2 Å².